The Morgan fingerprint density at radius 3 is 2.59 bits per heavy atom. The van der Waals surface area contributed by atoms with E-state index in [2.05, 4.69) is 21.2 Å². The highest BCUT2D eigenvalue weighted by atomic mass is 79.9. The van der Waals surface area contributed by atoms with Crippen molar-refractivity contribution >= 4 is 39.4 Å². The molecule has 0 saturated heterocycles. The van der Waals surface area contributed by atoms with Crippen molar-refractivity contribution in [2.24, 2.45) is 5.92 Å². The molecule has 0 aromatic heterocycles. The van der Waals surface area contributed by atoms with E-state index in [9.17, 15) is 9.59 Å². The normalized spacial score (nSPS) is 11.9. The van der Waals surface area contributed by atoms with Crippen molar-refractivity contribution in [3.8, 4) is 5.75 Å². The van der Waals surface area contributed by atoms with Gasteiger partial charge in [0.15, 0.2) is 6.61 Å². The summed E-state index contributed by atoms with van der Waals surface area (Å²) in [4.78, 5) is 23.6. The van der Waals surface area contributed by atoms with E-state index < -0.39 is 17.9 Å². The summed E-state index contributed by atoms with van der Waals surface area (Å²) in [6.45, 7) is 3.72. The first kappa shape index (κ1) is 18.8. The van der Waals surface area contributed by atoms with Crippen LogP contribution in [0, 0.1) is 5.92 Å². The van der Waals surface area contributed by atoms with Crippen molar-refractivity contribution in [1.82, 2.24) is 5.32 Å². The van der Waals surface area contributed by atoms with E-state index in [1.165, 1.54) is 7.11 Å². The van der Waals surface area contributed by atoms with Gasteiger partial charge in [0.25, 0.3) is 5.91 Å². The van der Waals surface area contributed by atoms with Gasteiger partial charge in [-0.3, -0.25) is 4.79 Å². The lowest BCUT2D eigenvalue weighted by atomic mass is 10.0. The van der Waals surface area contributed by atoms with Gasteiger partial charge in [-0.15, -0.1) is 0 Å². The standard InChI is InChI=1S/C15H19BrClNO4/c1-9(2)6-12(15(20)21-3)18-14(19)8-22-13-5-4-10(17)7-11(13)16/h4-5,7,9,12H,6,8H2,1-3H3,(H,18,19)/t12-/m0/s1. The predicted molar refractivity (Wildman–Crippen MR) is 88.0 cm³/mol. The van der Waals surface area contributed by atoms with Crippen molar-refractivity contribution in [1.29, 1.82) is 0 Å². The molecule has 0 heterocycles. The first-order valence-corrected chi connectivity index (χ1v) is 7.95. The SMILES string of the molecule is COC(=O)[C@H](CC(C)C)NC(=O)COc1ccc(Cl)cc1Br. The average molecular weight is 393 g/mol. The van der Waals surface area contributed by atoms with Gasteiger partial charge in [-0.2, -0.15) is 0 Å². The van der Waals surface area contributed by atoms with Crippen LogP contribution in [0.5, 0.6) is 5.75 Å². The molecule has 1 N–H and O–H groups in total. The zero-order valence-electron chi connectivity index (χ0n) is 12.7. The highest BCUT2D eigenvalue weighted by Crippen LogP contribution is 2.27. The number of nitrogens with one attached hydrogen (secondary N) is 1. The van der Waals surface area contributed by atoms with Crippen LogP contribution in [0.1, 0.15) is 20.3 Å². The molecule has 122 valence electrons. The Bertz CT molecular complexity index is 536. The molecule has 1 amide bonds. The molecule has 1 aromatic rings. The van der Waals surface area contributed by atoms with E-state index in [0.717, 1.165) is 0 Å². The second-order valence-corrected chi connectivity index (χ2v) is 6.43. The van der Waals surface area contributed by atoms with Crippen LogP contribution >= 0.6 is 27.5 Å². The van der Waals surface area contributed by atoms with E-state index in [-0.39, 0.29) is 12.5 Å². The zero-order chi connectivity index (χ0) is 16.7. The van der Waals surface area contributed by atoms with Gasteiger partial charge in [0.1, 0.15) is 11.8 Å². The van der Waals surface area contributed by atoms with Gasteiger partial charge in [0.2, 0.25) is 0 Å². The molecule has 0 aliphatic carbocycles. The third-order valence-corrected chi connectivity index (χ3v) is 3.64. The fourth-order valence-corrected chi connectivity index (χ4v) is 2.60. The Morgan fingerprint density at radius 2 is 2.05 bits per heavy atom. The van der Waals surface area contributed by atoms with Gasteiger partial charge in [0.05, 0.1) is 11.6 Å². The molecular weight excluding hydrogens is 374 g/mol. The summed E-state index contributed by atoms with van der Waals surface area (Å²) in [6, 6.07) is 4.32. The fourth-order valence-electron chi connectivity index (χ4n) is 1.80. The Labute approximate surface area is 143 Å². The van der Waals surface area contributed by atoms with Crippen LogP contribution in [0.2, 0.25) is 5.02 Å². The highest BCUT2D eigenvalue weighted by Gasteiger charge is 2.22. The van der Waals surface area contributed by atoms with Crippen LogP contribution in [-0.4, -0.2) is 31.6 Å². The molecule has 1 atom stereocenters. The third-order valence-electron chi connectivity index (χ3n) is 2.78. The molecule has 22 heavy (non-hydrogen) atoms. The van der Waals surface area contributed by atoms with Gasteiger partial charge in [-0.05, 0) is 46.5 Å². The Hall–Kier alpha value is -1.27. The molecule has 0 saturated carbocycles. The third kappa shape index (κ3) is 6.23. The second-order valence-electron chi connectivity index (χ2n) is 5.14. The predicted octanol–water partition coefficient (Wildman–Crippen LogP) is 3.19. The average Bonchev–Trinajstić information content (AvgIpc) is 2.44. The lowest BCUT2D eigenvalue weighted by molar-refractivity contribution is -0.145. The van der Waals surface area contributed by atoms with Crippen LogP contribution in [-0.2, 0) is 14.3 Å². The molecule has 0 bridgehead atoms. The Kier molecular flexibility index (Phi) is 7.68. The van der Waals surface area contributed by atoms with Gasteiger partial charge >= 0.3 is 5.97 Å². The van der Waals surface area contributed by atoms with Crippen molar-refractivity contribution in [2.45, 2.75) is 26.3 Å². The Morgan fingerprint density at radius 1 is 1.36 bits per heavy atom. The topological polar surface area (TPSA) is 64.6 Å². The molecule has 0 spiro atoms. The number of methoxy groups -OCH3 is 1. The first-order valence-electron chi connectivity index (χ1n) is 6.78. The molecule has 1 rings (SSSR count). The number of benzene rings is 1. The summed E-state index contributed by atoms with van der Waals surface area (Å²) >= 11 is 9.13. The number of ether oxygens (including phenoxy) is 2. The summed E-state index contributed by atoms with van der Waals surface area (Å²) in [5, 5.41) is 3.18. The fraction of sp³-hybridized carbons (Fsp3) is 0.467. The van der Waals surface area contributed by atoms with E-state index in [1.54, 1.807) is 18.2 Å². The molecule has 0 fully saturated rings. The number of amides is 1. The van der Waals surface area contributed by atoms with Gasteiger partial charge in [-0.25, -0.2) is 4.79 Å². The number of halogens is 2. The number of hydrogen-bond acceptors (Lipinski definition) is 4. The number of carbonyl (C=O) groups excluding carboxylic acids is 2. The molecule has 0 aliphatic rings. The summed E-state index contributed by atoms with van der Waals surface area (Å²) in [5.41, 5.74) is 0. The van der Waals surface area contributed by atoms with E-state index in [4.69, 9.17) is 21.1 Å². The number of hydrogen-bond donors (Lipinski definition) is 1. The summed E-state index contributed by atoms with van der Waals surface area (Å²) in [5.74, 6) is -0.110. The largest absolute Gasteiger partial charge is 0.483 e. The van der Waals surface area contributed by atoms with E-state index in [0.29, 0.717) is 21.7 Å². The van der Waals surface area contributed by atoms with Crippen LogP contribution in [0.4, 0.5) is 0 Å². The molecule has 0 unspecified atom stereocenters. The number of esters is 1. The smallest absolute Gasteiger partial charge is 0.328 e. The van der Waals surface area contributed by atoms with Crippen LogP contribution in [0.3, 0.4) is 0 Å². The molecule has 0 radical (unpaired) electrons. The molecule has 5 nitrogen and oxygen atoms in total. The highest BCUT2D eigenvalue weighted by molar-refractivity contribution is 9.10. The van der Waals surface area contributed by atoms with E-state index >= 15 is 0 Å². The summed E-state index contributed by atoms with van der Waals surface area (Å²) < 4.78 is 10.7. The maximum Gasteiger partial charge on any atom is 0.328 e. The van der Waals surface area contributed by atoms with Crippen molar-refractivity contribution in [3.63, 3.8) is 0 Å². The number of rotatable bonds is 7. The van der Waals surface area contributed by atoms with Gasteiger partial charge in [0, 0.05) is 5.02 Å². The maximum absolute atomic E-state index is 11.9. The van der Waals surface area contributed by atoms with Crippen LogP contribution in [0.25, 0.3) is 0 Å². The molecule has 0 aliphatic heterocycles. The minimum Gasteiger partial charge on any atom is -0.483 e. The van der Waals surface area contributed by atoms with Crippen LogP contribution < -0.4 is 10.1 Å². The molecule has 1 aromatic carbocycles. The second kappa shape index (κ2) is 9.00. The maximum atomic E-state index is 11.9. The minimum atomic E-state index is -0.672. The Balaban J connectivity index is 2.58. The quantitative estimate of drug-likeness (QED) is 0.724. The van der Waals surface area contributed by atoms with Gasteiger partial charge < -0.3 is 14.8 Å². The first-order chi connectivity index (χ1) is 10.3. The lowest BCUT2D eigenvalue weighted by Crippen LogP contribution is -2.44. The molecule has 7 heteroatoms. The summed E-state index contributed by atoms with van der Waals surface area (Å²) in [7, 11) is 1.29. The lowest BCUT2D eigenvalue weighted by Gasteiger charge is -2.18. The minimum absolute atomic E-state index is 0.203. The van der Waals surface area contributed by atoms with Crippen molar-refractivity contribution in [2.75, 3.05) is 13.7 Å². The van der Waals surface area contributed by atoms with Crippen LogP contribution in [0.15, 0.2) is 22.7 Å². The monoisotopic (exact) mass is 391 g/mol. The van der Waals surface area contributed by atoms with Crippen molar-refractivity contribution < 1.29 is 19.1 Å². The number of carbonyl (C=O) groups is 2. The summed E-state index contributed by atoms with van der Waals surface area (Å²) in [6.07, 6.45) is 0.503. The van der Waals surface area contributed by atoms with Crippen molar-refractivity contribution in [3.05, 3.63) is 27.7 Å². The molecular formula is C15H19BrClNO4. The van der Waals surface area contributed by atoms with E-state index in [1.807, 2.05) is 13.8 Å². The zero-order valence-corrected chi connectivity index (χ0v) is 15.0. The van der Waals surface area contributed by atoms with Gasteiger partial charge in [-0.1, -0.05) is 25.4 Å².